The first kappa shape index (κ1) is 15.7. The van der Waals surface area contributed by atoms with E-state index in [1.165, 1.54) is 0 Å². The van der Waals surface area contributed by atoms with Crippen LogP contribution in [0.25, 0.3) is 11.3 Å². The van der Waals surface area contributed by atoms with E-state index in [1.54, 1.807) is 17.1 Å². The minimum Gasteiger partial charge on any atom is -0.445 e. The number of carbonyl (C=O) groups excluding carboxylic acids is 1. The van der Waals surface area contributed by atoms with E-state index in [9.17, 15) is 4.79 Å². The van der Waals surface area contributed by atoms with Crippen LogP contribution in [-0.2, 0) is 24.9 Å². The molecule has 0 fully saturated rings. The maximum Gasteiger partial charge on any atom is 0.407 e. The van der Waals surface area contributed by atoms with Gasteiger partial charge in [-0.05, 0) is 17.2 Å². The highest BCUT2D eigenvalue weighted by molar-refractivity contribution is 5.68. The fourth-order valence-corrected chi connectivity index (χ4v) is 2.33. The van der Waals surface area contributed by atoms with Gasteiger partial charge in [-0.3, -0.25) is 9.67 Å². The van der Waals surface area contributed by atoms with Crippen molar-refractivity contribution >= 4 is 6.09 Å². The van der Waals surface area contributed by atoms with E-state index in [2.05, 4.69) is 15.4 Å². The molecule has 0 bridgehead atoms. The molecule has 24 heavy (non-hydrogen) atoms. The molecule has 2 heterocycles. The zero-order valence-electron chi connectivity index (χ0n) is 13.3. The standard InChI is InChI=1S/C18H18N4O2/c1-22-12-16(11-21-22)17-15(8-5-9-19-17)10-20-18(23)24-13-14-6-3-2-4-7-14/h2-9,11-12H,10,13H2,1H3,(H,20,23). The first-order valence-electron chi connectivity index (χ1n) is 7.60. The number of alkyl carbamates (subject to hydrolysis) is 1. The molecular formula is C18H18N4O2. The summed E-state index contributed by atoms with van der Waals surface area (Å²) in [5, 5.41) is 6.91. The second kappa shape index (κ2) is 7.41. The minimum absolute atomic E-state index is 0.245. The van der Waals surface area contributed by atoms with Crippen molar-refractivity contribution in [2.75, 3.05) is 0 Å². The Labute approximate surface area is 140 Å². The lowest BCUT2D eigenvalue weighted by molar-refractivity contribution is 0.139. The second-order valence-electron chi connectivity index (χ2n) is 5.33. The third-order valence-electron chi connectivity index (χ3n) is 3.51. The van der Waals surface area contributed by atoms with E-state index in [1.807, 2.05) is 55.7 Å². The van der Waals surface area contributed by atoms with Gasteiger partial charge in [0.1, 0.15) is 6.61 Å². The number of benzene rings is 1. The van der Waals surface area contributed by atoms with Crippen molar-refractivity contribution in [3.63, 3.8) is 0 Å². The van der Waals surface area contributed by atoms with Gasteiger partial charge in [-0.15, -0.1) is 0 Å². The number of ether oxygens (including phenoxy) is 1. The van der Waals surface area contributed by atoms with Crippen molar-refractivity contribution in [3.8, 4) is 11.3 Å². The second-order valence-corrected chi connectivity index (χ2v) is 5.33. The van der Waals surface area contributed by atoms with Crippen LogP contribution in [0.4, 0.5) is 4.79 Å². The molecule has 122 valence electrons. The van der Waals surface area contributed by atoms with Gasteiger partial charge in [-0.2, -0.15) is 5.10 Å². The molecule has 3 aromatic rings. The van der Waals surface area contributed by atoms with Crippen molar-refractivity contribution in [2.24, 2.45) is 7.05 Å². The van der Waals surface area contributed by atoms with Crippen molar-refractivity contribution in [2.45, 2.75) is 13.2 Å². The molecule has 1 N–H and O–H groups in total. The van der Waals surface area contributed by atoms with Gasteiger partial charge in [0, 0.05) is 31.5 Å². The number of pyridine rings is 1. The van der Waals surface area contributed by atoms with Crippen LogP contribution in [0.15, 0.2) is 61.1 Å². The highest BCUT2D eigenvalue weighted by Gasteiger charge is 2.10. The van der Waals surface area contributed by atoms with Gasteiger partial charge in [0.2, 0.25) is 0 Å². The van der Waals surface area contributed by atoms with Gasteiger partial charge in [0.05, 0.1) is 11.9 Å². The van der Waals surface area contributed by atoms with Crippen LogP contribution in [0, 0.1) is 0 Å². The van der Waals surface area contributed by atoms with Gasteiger partial charge < -0.3 is 10.1 Å². The summed E-state index contributed by atoms with van der Waals surface area (Å²) in [6.07, 6.45) is 4.90. The normalized spacial score (nSPS) is 10.4. The Morgan fingerprint density at radius 1 is 1.21 bits per heavy atom. The first-order chi connectivity index (χ1) is 11.7. The third-order valence-corrected chi connectivity index (χ3v) is 3.51. The average molecular weight is 322 g/mol. The Morgan fingerprint density at radius 2 is 2.04 bits per heavy atom. The summed E-state index contributed by atoms with van der Waals surface area (Å²) in [5.74, 6) is 0. The molecule has 6 heteroatoms. The van der Waals surface area contributed by atoms with Crippen LogP contribution in [0.3, 0.4) is 0 Å². The van der Waals surface area contributed by atoms with Crippen molar-refractivity contribution in [3.05, 3.63) is 72.2 Å². The highest BCUT2D eigenvalue weighted by Crippen LogP contribution is 2.20. The Balaban J connectivity index is 1.59. The molecule has 0 aliphatic heterocycles. The topological polar surface area (TPSA) is 69.0 Å². The molecule has 0 aliphatic carbocycles. The van der Waals surface area contributed by atoms with Gasteiger partial charge in [0.25, 0.3) is 0 Å². The zero-order chi connectivity index (χ0) is 16.8. The minimum atomic E-state index is -0.458. The molecule has 0 saturated heterocycles. The van der Waals surface area contributed by atoms with Gasteiger partial charge in [-0.1, -0.05) is 36.4 Å². The Kier molecular flexibility index (Phi) is 4.86. The fraction of sp³-hybridized carbons (Fsp3) is 0.167. The maximum atomic E-state index is 11.9. The quantitative estimate of drug-likeness (QED) is 0.784. The summed E-state index contributed by atoms with van der Waals surface area (Å²) < 4.78 is 6.93. The van der Waals surface area contributed by atoms with Gasteiger partial charge in [-0.25, -0.2) is 4.79 Å². The molecule has 0 atom stereocenters. The van der Waals surface area contributed by atoms with Crippen molar-refractivity contribution in [1.82, 2.24) is 20.1 Å². The zero-order valence-corrected chi connectivity index (χ0v) is 13.3. The van der Waals surface area contributed by atoms with Crippen LogP contribution >= 0.6 is 0 Å². The molecule has 2 aromatic heterocycles. The molecule has 0 radical (unpaired) electrons. The summed E-state index contributed by atoms with van der Waals surface area (Å²) >= 11 is 0. The molecule has 0 unspecified atom stereocenters. The average Bonchev–Trinajstić information content (AvgIpc) is 3.05. The summed E-state index contributed by atoms with van der Waals surface area (Å²) in [4.78, 5) is 16.3. The van der Waals surface area contributed by atoms with Gasteiger partial charge in [0.15, 0.2) is 0 Å². The lowest BCUT2D eigenvalue weighted by atomic mass is 10.1. The number of aryl methyl sites for hydroxylation is 1. The summed E-state index contributed by atoms with van der Waals surface area (Å²) in [7, 11) is 1.85. The Morgan fingerprint density at radius 3 is 2.79 bits per heavy atom. The fourth-order valence-electron chi connectivity index (χ4n) is 2.33. The molecule has 0 spiro atoms. The number of carbonyl (C=O) groups is 1. The molecule has 0 aliphatic rings. The van der Waals surface area contributed by atoms with Crippen LogP contribution < -0.4 is 5.32 Å². The Bertz CT molecular complexity index is 815. The predicted octanol–water partition coefficient (Wildman–Crippen LogP) is 2.91. The molecule has 1 amide bonds. The van der Waals surface area contributed by atoms with Crippen LogP contribution in [0.5, 0.6) is 0 Å². The lowest BCUT2D eigenvalue weighted by Crippen LogP contribution is -2.24. The highest BCUT2D eigenvalue weighted by atomic mass is 16.5. The number of nitrogens with zero attached hydrogens (tertiary/aromatic N) is 3. The van der Waals surface area contributed by atoms with E-state index >= 15 is 0 Å². The van der Waals surface area contributed by atoms with Crippen molar-refractivity contribution in [1.29, 1.82) is 0 Å². The van der Waals surface area contributed by atoms with Crippen LogP contribution in [-0.4, -0.2) is 20.9 Å². The monoisotopic (exact) mass is 322 g/mol. The Hall–Kier alpha value is -3.15. The van der Waals surface area contributed by atoms with E-state index < -0.39 is 6.09 Å². The molecule has 6 nitrogen and oxygen atoms in total. The number of nitrogens with one attached hydrogen (secondary N) is 1. The van der Waals surface area contributed by atoms with E-state index in [-0.39, 0.29) is 6.61 Å². The molecular weight excluding hydrogens is 304 g/mol. The largest absolute Gasteiger partial charge is 0.445 e. The lowest BCUT2D eigenvalue weighted by Gasteiger charge is -2.09. The number of rotatable bonds is 5. The molecule has 0 saturated carbocycles. The number of aromatic nitrogens is 3. The number of hydrogen-bond donors (Lipinski definition) is 1. The summed E-state index contributed by atoms with van der Waals surface area (Å²) in [5.41, 5.74) is 3.56. The maximum absolute atomic E-state index is 11.9. The smallest absolute Gasteiger partial charge is 0.407 e. The van der Waals surface area contributed by atoms with Crippen molar-refractivity contribution < 1.29 is 9.53 Å². The van der Waals surface area contributed by atoms with Crippen LogP contribution in [0.1, 0.15) is 11.1 Å². The number of amides is 1. The van der Waals surface area contributed by atoms with E-state index in [4.69, 9.17) is 4.74 Å². The molecule has 1 aromatic carbocycles. The molecule has 3 rings (SSSR count). The predicted molar refractivity (Wildman–Crippen MR) is 89.9 cm³/mol. The number of hydrogen-bond acceptors (Lipinski definition) is 4. The SMILES string of the molecule is Cn1cc(-c2ncccc2CNC(=O)OCc2ccccc2)cn1. The first-order valence-corrected chi connectivity index (χ1v) is 7.60. The summed E-state index contributed by atoms with van der Waals surface area (Å²) in [6.45, 7) is 0.584. The van der Waals surface area contributed by atoms with E-state index in [0.717, 1.165) is 22.4 Å². The van der Waals surface area contributed by atoms with E-state index in [0.29, 0.717) is 6.54 Å². The van der Waals surface area contributed by atoms with Gasteiger partial charge >= 0.3 is 6.09 Å². The van der Waals surface area contributed by atoms with Crippen LogP contribution in [0.2, 0.25) is 0 Å². The third kappa shape index (κ3) is 3.98. The summed E-state index contributed by atoms with van der Waals surface area (Å²) in [6, 6.07) is 13.3.